The van der Waals surface area contributed by atoms with E-state index in [1.165, 1.54) is 86.4 Å². The van der Waals surface area contributed by atoms with Gasteiger partial charge in [0.1, 0.15) is 0 Å². The van der Waals surface area contributed by atoms with E-state index < -0.39 is 0 Å². The molecular formula is C24H24N8S8. The number of hydrogen-bond acceptors (Lipinski definition) is 16. The highest BCUT2D eigenvalue weighted by Gasteiger charge is 2.16. The summed E-state index contributed by atoms with van der Waals surface area (Å²) >= 11 is 0. The van der Waals surface area contributed by atoms with Crippen LogP contribution in [0.2, 0.25) is 0 Å². The van der Waals surface area contributed by atoms with E-state index in [1.807, 2.05) is 48.5 Å². The first kappa shape index (κ1) is 29.6. The van der Waals surface area contributed by atoms with Crippen LogP contribution in [0.1, 0.15) is 0 Å². The van der Waals surface area contributed by atoms with Gasteiger partial charge in [0.05, 0.1) is 0 Å². The van der Waals surface area contributed by atoms with Gasteiger partial charge in [-0.3, -0.25) is 0 Å². The third kappa shape index (κ3) is 6.59. The van der Waals surface area contributed by atoms with Crippen LogP contribution >= 0.6 is 86.4 Å². The molecule has 16 N–H and O–H groups in total. The molecule has 0 radical (unpaired) electrons. The Bertz CT molecular complexity index is 1260. The molecule has 0 saturated carbocycles. The summed E-state index contributed by atoms with van der Waals surface area (Å²) in [6, 6.07) is 14.9. The maximum atomic E-state index is 6.39. The van der Waals surface area contributed by atoms with Crippen molar-refractivity contribution >= 4 is 132 Å². The van der Waals surface area contributed by atoms with Gasteiger partial charge < -0.3 is 45.9 Å². The van der Waals surface area contributed by atoms with Crippen LogP contribution in [0.25, 0.3) is 0 Å². The van der Waals surface area contributed by atoms with E-state index in [0.717, 1.165) is 39.2 Å². The quantitative estimate of drug-likeness (QED) is 0.0656. The number of hydrogen-bond donors (Lipinski definition) is 8. The van der Waals surface area contributed by atoms with Crippen molar-refractivity contribution in [2.24, 2.45) is 0 Å². The summed E-state index contributed by atoms with van der Waals surface area (Å²) in [5, 5.41) is 0. The largest absolute Gasteiger partial charge is 0.398 e. The smallest absolute Gasteiger partial charge is 0.0474 e. The predicted molar refractivity (Wildman–Crippen MR) is 188 cm³/mol. The Morgan fingerprint density at radius 3 is 0.425 bits per heavy atom. The predicted octanol–water partition coefficient (Wildman–Crippen LogP) is 7.86. The maximum Gasteiger partial charge on any atom is 0.0474 e. The number of nitrogen functional groups attached to an aromatic ring is 8. The first-order chi connectivity index (χ1) is 19.1. The van der Waals surface area contributed by atoms with Crippen molar-refractivity contribution in [3.63, 3.8) is 0 Å². The zero-order valence-corrected chi connectivity index (χ0v) is 27.0. The molecule has 40 heavy (non-hydrogen) atoms. The molecule has 0 spiro atoms. The summed E-state index contributed by atoms with van der Waals surface area (Å²) < 4.78 is 0. The van der Waals surface area contributed by atoms with Crippen LogP contribution in [0.4, 0.5) is 45.5 Å². The van der Waals surface area contributed by atoms with Crippen molar-refractivity contribution in [3.8, 4) is 0 Å². The molecule has 0 aromatic heterocycles. The van der Waals surface area contributed by atoms with Gasteiger partial charge in [-0.1, -0.05) is 86.4 Å². The highest BCUT2D eigenvalue weighted by Crippen LogP contribution is 2.52. The fraction of sp³-hybridized carbons (Fsp3) is 0. The molecule has 16 heteroatoms. The van der Waals surface area contributed by atoms with E-state index in [0.29, 0.717) is 45.5 Å². The molecule has 0 saturated heterocycles. The van der Waals surface area contributed by atoms with E-state index >= 15 is 0 Å². The van der Waals surface area contributed by atoms with Crippen LogP contribution in [0, 0.1) is 0 Å². The molecule has 0 amide bonds. The number of benzene rings is 4. The third-order valence-corrected chi connectivity index (χ3v) is 15.4. The van der Waals surface area contributed by atoms with E-state index in [2.05, 4.69) is 0 Å². The summed E-state index contributed by atoms with van der Waals surface area (Å²) in [5.41, 5.74) is 56.0. The molecule has 10 aliphatic rings. The second kappa shape index (κ2) is 12.5. The molecule has 0 atom stereocenters. The molecule has 4 aromatic carbocycles. The maximum absolute atomic E-state index is 6.39. The lowest BCUT2D eigenvalue weighted by Gasteiger charge is -2.15. The summed E-state index contributed by atoms with van der Waals surface area (Å²) in [7, 11) is 11.8. The summed E-state index contributed by atoms with van der Waals surface area (Å²) in [4.78, 5) is 6.65. The number of anilines is 8. The molecule has 14 rings (SSSR count). The van der Waals surface area contributed by atoms with Gasteiger partial charge >= 0.3 is 0 Å². The Hall–Kier alpha value is -1.92. The first-order valence-electron chi connectivity index (χ1n) is 11.2. The normalized spacial score (nSPS) is 14.0. The minimum absolute atomic E-state index is 0.609. The van der Waals surface area contributed by atoms with Crippen LogP contribution in [0.5, 0.6) is 0 Å². The summed E-state index contributed by atoms with van der Waals surface area (Å²) in [6.07, 6.45) is 0. The van der Waals surface area contributed by atoms with Crippen molar-refractivity contribution in [2.75, 3.05) is 45.9 Å². The van der Waals surface area contributed by atoms with Crippen molar-refractivity contribution in [1.29, 1.82) is 0 Å². The SMILES string of the molecule is Nc1cc2c(N)cc1SSc1cc(N)c(cc1N)SSc1cc(N)c(cc1N)SSc1cc(N)c(cc1N)SS2. The lowest BCUT2D eigenvalue weighted by molar-refractivity contribution is 1.36. The Kier molecular flexibility index (Phi) is 9.26. The van der Waals surface area contributed by atoms with Gasteiger partial charge in [0.2, 0.25) is 0 Å². The molecule has 0 fully saturated rings. The van der Waals surface area contributed by atoms with Crippen molar-refractivity contribution in [1.82, 2.24) is 0 Å². The second-order valence-corrected chi connectivity index (χ2v) is 17.2. The average Bonchev–Trinajstić information content (AvgIpc) is 2.90. The van der Waals surface area contributed by atoms with Crippen molar-refractivity contribution in [3.05, 3.63) is 48.5 Å². The lowest BCUT2D eigenvalue weighted by atomic mass is 10.3. The summed E-state index contributed by atoms with van der Waals surface area (Å²) in [5.74, 6) is 0. The summed E-state index contributed by atoms with van der Waals surface area (Å²) in [6.45, 7) is 0. The van der Waals surface area contributed by atoms with Gasteiger partial charge in [-0.05, 0) is 48.5 Å². The Labute approximate surface area is 263 Å². The molecule has 0 aliphatic carbocycles. The van der Waals surface area contributed by atoms with Crippen LogP contribution in [-0.4, -0.2) is 0 Å². The Morgan fingerprint density at radius 2 is 0.325 bits per heavy atom. The van der Waals surface area contributed by atoms with Crippen LogP contribution in [0.15, 0.2) is 87.7 Å². The van der Waals surface area contributed by atoms with Gasteiger partial charge in [0, 0.05) is 84.7 Å². The highest BCUT2D eigenvalue weighted by atomic mass is 33.1. The first-order valence-corrected chi connectivity index (χ1v) is 19.8. The molecule has 8 bridgehead atoms. The second-order valence-electron chi connectivity index (χ2n) is 8.38. The lowest BCUT2D eigenvalue weighted by Crippen LogP contribution is -1.96. The van der Waals surface area contributed by atoms with Gasteiger partial charge in [-0.2, -0.15) is 0 Å². The van der Waals surface area contributed by atoms with Gasteiger partial charge in [0.15, 0.2) is 0 Å². The minimum atomic E-state index is 0.609. The Morgan fingerprint density at radius 1 is 0.225 bits per heavy atom. The topological polar surface area (TPSA) is 208 Å². The fourth-order valence-corrected chi connectivity index (χ4v) is 12.3. The van der Waals surface area contributed by atoms with Gasteiger partial charge in [-0.15, -0.1) is 0 Å². The monoisotopic (exact) mass is 680 g/mol. The van der Waals surface area contributed by atoms with Crippen molar-refractivity contribution in [2.45, 2.75) is 39.2 Å². The molecule has 10 heterocycles. The van der Waals surface area contributed by atoms with Crippen molar-refractivity contribution < 1.29 is 0 Å². The van der Waals surface area contributed by atoms with Crippen LogP contribution in [-0.2, 0) is 0 Å². The average molecular weight is 681 g/mol. The zero-order valence-electron chi connectivity index (χ0n) is 20.5. The van der Waals surface area contributed by atoms with E-state index in [9.17, 15) is 0 Å². The fourth-order valence-electron chi connectivity index (χ4n) is 3.30. The van der Waals surface area contributed by atoms with E-state index in [-0.39, 0.29) is 0 Å². The number of rotatable bonds is 0. The zero-order chi connectivity index (χ0) is 28.6. The molecule has 8 nitrogen and oxygen atoms in total. The molecule has 10 aliphatic heterocycles. The number of nitrogens with two attached hydrogens (primary N) is 8. The molecule has 208 valence electrons. The van der Waals surface area contributed by atoms with Gasteiger partial charge in [0.25, 0.3) is 0 Å². The van der Waals surface area contributed by atoms with E-state index in [4.69, 9.17) is 45.9 Å². The van der Waals surface area contributed by atoms with E-state index in [1.54, 1.807) is 0 Å². The Balaban J connectivity index is 1.51. The van der Waals surface area contributed by atoms with Crippen LogP contribution in [0.3, 0.4) is 0 Å². The third-order valence-electron chi connectivity index (χ3n) is 5.45. The molecule has 4 aromatic rings. The van der Waals surface area contributed by atoms with Gasteiger partial charge in [-0.25, -0.2) is 0 Å². The molecular weight excluding hydrogens is 657 g/mol. The molecule has 0 unspecified atom stereocenters. The standard InChI is InChI=1S/C24H24N8S8/c25-9-1-17-10(26)2-18(9)34-36-20-5-14(30)22(6-13(20)29)38-40-24-8-15(31)23(7-16(24)32)39-37-21-4-11(27)19(35-33-17)3-12(21)28/h1-8H,25-32H2. The van der Waals surface area contributed by atoms with Crippen LogP contribution < -0.4 is 45.9 Å². The minimum Gasteiger partial charge on any atom is -0.398 e. The highest BCUT2D eigenvalue weighted by molar-refractivity contribution is 8.77.